The van der Waals surface area contributed by atoms with Gasteiger partial charge in [0.1, 0.15) is 17.4 Å². The fraction of sp³-hybridized carbons (Fsp3) is 0.529. The lowest BCUT2D eigenvalue weighted by molar-refractivity contribution is -0.0943. The van der Waals surface area contributed by atoms with Crippen molar-refractivity contribution < 1.29 is 14.6 Å². The van der Waals surface area contributed by atoms with Crippen LogP contribution in [0.3, 0.4) is 0 Å². The van der Waals surface area contributed by atoms with Gasteiger partial charge in [0.15, 0.2) is 0 Å². The lowest BCUT2D eigenvalue weighted by Crippen LogP contribution is -2.35. The zero-order valence-electron chi connectivity index (χ0n) is 11.9. The van der Waals surface area contributed by atoms with Gasteiger partial charge in [-0.2, -0.15) is 0 Å². The number of aliphatic hydroxyl groups excluding tert-OH is 1. The van der Waals surface area contributed by atoms with E-state index >= 15 is 0 Å². The van der Waals surface area contributed by atoms with E-state index in [1.54, 1.807) is 0 Å². The van der Waals surface area contributed by atoms with Crippen molar-refractivity contribution in [2.75, 3.05) is 0 Å². The normalized spacial score (nSPS) is 20.8. The van der Waals surface area contributed by atoms with Crippen molar-refractivity contribution in [3.05, 3.63) is 35.6 Å². The Bertz CT molecular complexity index is 591. The molecule has 0 spiro atoms. The van der Waals surface area contributed by atoms with Crippen LogP contribution in [0.5, 0.6) is 0 Å². The molecule has 1 aliphatic rings. The third-order valence-electron chi connectivity index (χ3n) is 4.44. The number of hydrogen-bond acceptors (Lipinski definition) is 3. The molecule has 0 bridgehead atoms. The van der Waals surface area contributed by atoms with E-state index in [1.165, 1.54) is 0 Å². The second kappa shape index (κ2) is 5.23. The molecule has 2 N–H and O–H groups in total. The van der Waals surface area contributed by atoms with Crippen LogP contribution in [0.15, 0.2) is 28.7 Å². The Balaban J connectivity index is 1.92. The minimum absolute atomic E-state index is 0.481. The SMILES string of the molecule is Cc1ccc2oc(C(O)C3(O)CCCCCC3)cc2c1. The van der Waals surface area contributed by atoms with Crippen molar-refractivity contribution in [2.45, 2.75) is 57.2 Å². The molecule has 1 heterocycles. The molecule has 0 aliphatic heterocycles. The number of benzene rings is 1. The summed E-state index contributed by atoms with van der Waals surface area (Å²) in [5.41, 5.74) is 0.883. The predicted octanol–water partition coefficient (Wildman–Crippen LogP) is 3.86. The van der Waals surface area contributed by atoms with Crippen LogP contribution in [0.2, 0.25) is 0 Å². The van der Waals surface area contributed by atoms with E-state index in [0.717, 1.165) is 42.2 Å². The fourth-order valence-corrected chi connectivity index (χ4v) is 3.20. The van der Waals surface area contributed by atoms with Gasteiger partial charge < -0.3 is 14.6 Å². The smallest absolute Gasteiger partial charge is 0.140 e. The van der Waals surface area contributed by atoms with Gasteiger partial charge in [-0.15, -0.1) is 0 Å². The number of fused-ring (bicyclic) bond motifs is 1. The summed E-state index contributed by atoms with van der Waals surface area (Å²) >= 11 is 0. The summed E-state index contributed by atoms with van der Waals surface area (Å²) in [4.78, 5) is 0. The van der Waals surface area contributed by atoms with E-state index in [4.69, 9.17) is 4.42 Å². The van der Waals surface area contributed by atoms with Gasteiger partial charge in [-0.25, -0.2) is 0 Å². The van der Waals surface area contributed by atoms with Crippen LogP contribution in [0, 0.1) is 6.92 Å². The highest BCUT2D eigenvalue weighted by Gasteiger charge is 2.38. The standard InChI is InChI=1S/C17H22O3/c1-12-6-7-14-13(10-12)11-15(20-14)16(18)17(19)8-4-2-3-5-9-17/h6-7,10-11,16,18-19H,2-5,8-9H2,1H3. The first kappa shape index (κ1) is 13.7. The van der Waals surface area contributed by atoms with Gasteiger partial charge in [-0.1, -0.05) is 37.3 Å². The summed E-state index contributed by atoms with van der Waals surface area (Å²) in [5, 5.41) is 22.3. The molecule has 3 heteroatoms. The number of hydrogen-bond donors (Lipinski definition) is 2. The molecule has 1 fully saturated rings. The molecule has 108 valence electrons. The maximum atomic E-state index is 10.7. The van der Waals surface area contributed by atoms with E-state index in [2.05, 4.69) is 0 Å². The number of aliphatic hydroxyl groups is 2. The Morgan fingerprint density at radius 1 is 1.10 bits per heavy atom. The van der Waals surface area contributed by atoms with Crippen molar-refractivity contribution in [1.82, 2.24) is 0 Å². The summed E-state index contributed by atoms with van der Waals surface area (Å²) in [5.74, 6) is 0.481. The quantitative estimate of drug-likeness (QED) is 0.818. The molecule has 0 saturated heterocycles. The molecule has 20 heavy (non-hydrogen) atoms. The van der Waals surface area contributed by atoms with Gasteiger partial charge in [0.05, 0.1) is 5.60 Å². The molecule has 1 aromatic carbocycles. The fourth-order valence-electron chi connectivity index (χ4n) is 3.20. The van der Waals surface area contributed by atoms with Gasteiger partial charge in [0.2, 0.25) is 0 Å². The van der Waals surface area contributed by atoms with Crippen molar-refractivity contribution in [3.63, 3.8) is 0 Å². The van der Waals surface area contributed by atoms with Crippen LogP contribution in [-0.4, -0.2) is 15.8 Å². The largest absolute Gasteiger partial charge is 0.458 e. The topological polar surface area (TPSA) is 53.6 Å². The summed E-state index contributed by atoms with van der Waals surface area (Å²) in [6, 6.07) is 7.79. The second-order valence-electron chi connectivity index (χ2n) is 6.11. The van der Waals surface area contributed by atoms with Crippen molar-refractivity contribution >= 4 is 11.0 Å². The van der Waals surface area contributed by atoms with Gasteiger partial charge in [-0.05, 0) is 38.0 Å². The first-order valence-electron chi connectivity index (χ1n) is 7.49. The number of aryl methyl sites for hydroxylation is 1. The van der Waals surface area contributed by atoms with Crippen LogP contribution in [0.25, 0.3) is 11.0 Å². The first-order valence-corrected chi connectivity index (χ1v) is 7.49. The molecule has 3 rings (SSSR count). The molecule has 0 radical (unpaired) electrons. The zero-order chi connectivity index (χ0) is 14.2. The highest BCUT2D eigenvalue weighted by Crippen LogP contribution is 2.39. The second-order valence-corrected chi connectivity index (χ2v) is 6.11. The minimum Gasteiger partial charge on any atom is -0.458 e. The zero-order valence-corrected chi connectivity index (χ0v) is 11.9. The Morgan fingerprint density at radius 2 is 1.80 bits per heavy atom. The van der Waals surface area contributed by atoms with E-state index in [1.807, 2.05) is 31.2 Å². The van der Waals surface area contributed by atoms with Crippen LogP contribution in [0.1, 0.15) is 56.0 Å². The molecule has 1 unspecified atom stereocenters. The number of rotatable bonds is 2. The van der Waals surface area contributed by atoms with E-state index in [-0.39, 0.29) is 0 Å². The monoisotopic (exact) mass is 274 g/mol. The molecule has 1 saturated carbocycles. The third kappa shape index (κ3) is 2.48. The van der Waals surface area contributed by atoms with E-state index in [9.17, 15) is 10.2 Å². The number of furan rings is 1. The molecule has 1 aromatic heterocycles. The predicted molar refractivity (Wildman–Crippen MR) is 78.6 cm³/mol. The summed E-state index contributed by atoms with van der Waals surface area (Å²) in [7, 11) is 0. The lowest BCUT2D eigenvalue weighted by Gasteiger charge is -2.30. The van der Waals surface area contributed by atoms with Crippen molar-refractivity contribution in [1.29, 1.82) is 0 Å². The summed E-state index contributed by atoms with van der Waals surface area (Å²) in [6.07, 6.45) is 4.55. The molecule has 1 aliphatic carbocycles. The minimum atomic E-state index is -1.04. The van der Waals surface area contributed by atoms with Crippen LogP contribution < -0.4 is 0 Å². The third-order valence-corrected chi connectivity index (χ3v) is 4.44. The molecule has 0 amide bonds. The van der Waals surface area contributed by atoms with Gasteiger partial charge in [-0.3, -0.25) is 0 Å². The summed E-state index contributed by atoms with van der Waals surface area (Å²) < 4.78 is 5.73. The molecular weight excluding hydrogens is 252 g/mol. The maximum Gasteiger partial charge on any atom is 0.140 e. The van der Waals surface area contributed by atoms with Gasteiger partial charge >= 0.3 is 0 Å². The van der Waals surface area contributed by atoms with Gasteiger partial charge in [0.25, 0.3) is 0 Å². The van der Waals surface area contributed by atoms with Crippen LogP contribution in [-0.2, 0) is 0 Å². The van der Waals surface area contributed by atoms with Crippen molar-refractivity contribution in [3.8, 4) is 0 Å². The van der Waals surface area contributed by atoms with Crippen LogP contribution in [0.4, 0.5) is 0 Å². The summed E-state index contributed by atoms with van der Waals surface area (Å²) in [6.45, 7) is 2.03. The molecule has 1 atom stereocenters. The van der Waals surface area contributed by atoms with Crippen molar-refractivity contribution in [2.24, 2.45) is 0 Å². The average Bonchev–Trinajstić information content (AvgIpc) is 2.71. The van der Waals surface area contributed by atoms with Gasteiger partial charge in [0, 0.05) is 5.39 Å². The highest BCUT2D eigenvalue weighted by atomic mass is 16.4. The molecule has 3 nitrogen and oxygen atoms in total. The maximum absolute atomic E-state index is 10.7. The average molecular weight is 274 g/mol. The lowest BCUT2D eigenvalue weighted by atomic mass is 9.87. The van der Waals surface area contributed by atoms with E-state index in [0.29, 0.717) is 18.6 Å². The Labute approximate surface area is 119 Å². The Morgan fingerprint density at radius 3 is 2.50 bits per heavy atom. The highest BCUT2D eigenvalue weighted by molar-refractivity contribution is 5.78. The molecule has 2 aromatic rings. The molecular formula is C17H22O3. The Kier molecular flexibility index (Phi) is 3.57. The first-order chi connectivity index (χ1) is 9.58. The van der Waals surface area contributed by atoms with E-state index < -0.39 is 11.7 Å². The van der Waals surface area contributed by atoms with Crippen LogP contribution >= 0.6 is 0 Å². The Hall–Kier alpha value is -1.32.